The summed E-state index contributed by atoms with van der Waals surface area (Å²) in [5, 5.41) is 22.0. The Morgan fingerprint density at radius 3 is 2.54 bits per heavy atom. The average Bonchev–Trinajstić information content (AvgIpc) is 2.81. The van der Waals surface area contributed by atoms with Gasteiger partial charge in [-0.1, -0.05) is 13.8 Å². The Balaban J connectivity index is 1.65. The highest BCUT2D eigenvalue weighted by Crippen LogP contribution is 2.69. The van der Waals surface area contributed by atoms with E-state index >= 15 is 0 Å². The van der Waals surface area contributed by atoms with Gasteiger partial charge >= 0.3 is 0 Å². The summed E-state index contributed by atoms with van der Waals surface area (Å²) in [5.41, 5.74) is -0.359. The number of aliphatic hydroxyl groups is 2. The molecule has 24 heavy (non-hydrogen) atoms. The number of carbonyl (C=O) groups excluding carboxylic acids is 1. The van der Waals surface area contributed by atoms with E-state index in [2.05, 4.69) is 13.8 Å². The smallest absolute Gasteiger partial charge is 0.120 e. The highest BCUT2D eigenvalue weighted by Gasteiger charge is 2.66. The zero-order chi connectivity index (χ0) is 17.2. The Morgan fingerprint density at radius 1 is 1.00 bits per heavy atom. The van der Waals surface area contributed by atoms with Crippen LogP contribution < -0.4 is 0 Å². The van der Waals surface area contributed by atoms with Crippen LogP contribution in [-0.4, -0.2) is 28.2 Å². The first kappa shape index (κ1) is 17.0. The second-order valence-electron chi connectivity index (χ2n) is 9.94. The summed E-state index contributed by atoms with van der Waals surface area (Å²) in [6.07, 6.45) is 11.0. The van der Waals surface area contributed by atoms with Crippen molar-refractivity contribution < 1.29 is 15.0 Å². The van der Waals surface area contributed by atoms with Gasteiger partial charge in [0, 0.05) is 6.42 Å². The van der Waals surface area contributed by atoms with Gasteiger partial charge in [-0.25, -0.2) is 0 Å². The van der Waals surface area contributed by atoms with Gasteiger partial charge in [-0.15, -0.1) is 0 Å². The van der Waals surface area contributed by atoms with E-state index in [1.54, 1.807) is 0 Å². The highest BCUT2D eigenvalue weighted by atomic mass is 16.3. The predicted octanol–water partition coefficient (Wildman–Crippen LogP) is 3.71. The minimum Gasteiger partial charge on any atom is -0.393 e. The third-order valence-corrected chi connectivity index (χ3v) is 9.40. The molecule has 0 aromatic rings. The predicted molar refractivity (Wildman–Crippen MR) is 93.4 cm³/mol. The van der Waals surface area contributed by atoms with Crippen LogP contribution in [0.25, 0.3) is 0 Å². The summed E-state index contributed by atoms with van der Waals surface area (Å²) in [6.45, 7) is 4.72. The molecular weight excluding hydrogens is 300 g/mol. The summed E-state index contributed by atoms with van der Waals surface area (Å²) < 4.78 is 0. The molecule has 0 saturated heterocycles. The molecule has 136 valence electrons. The molecule has 0 radical (unpaired) electrons. The van der Waals surface area contributed by atoms with Gasteiger partial charge in [0.2, 0.25) is 0 Å². The van der Waals surface area contributed by atoms with Crippen molar-refractivity contribution in [3.8, 4) is 0 Å². The summed E-state index contributed by atoms with van der Waals surface area (Å²) in [4.78, 5) is 11.1. The fraction of sp³-hybridized carbons (Fsp3) is 0.952. The normalized spacial score (nSPS) is 56.9. The summed E-state index contributed by atoms with van der Waals surface area (Å²) in [5.74, 6) is 1.98. The van der Waals surface area contributed by atoms with Crippen LogP contribution >= 0.6 is 0 Å². The number of aldehydes is 1. The van der Waals surface area contributed by atoms with Crippen molar-refractivity contribution in [3.05, 3.63) is 0 Å². The third-order valence-electron chi connectivity index (χ3n) is 9.40. The van der Waals surface area contributed by atoms with Gasteiger partial charge in [0.1, 0.15) is 6.29 Å². The van der Waals surface area contributed by atoms with Crippen LogP contribution in [0.5, 0.6) is 0 Å². The van der Waals surface area contributed by atoms with Gasteiger partial charge in [-0.2, -0.15) is 0 Å². The van der Waals surface area contributed by atoms with Crippen molar-refractivity contribution in [2.45, 2.75) is 89.8 Å². The maximum atomic E-state index is 11.9. The van der Waals surface area contributed by atoms with E-state index in [0.717, 1.165) is 57.7 Å². The van der Waals surface area contributed by atoms with E-state index in [-0.39, 0.29) is 11.5 Å². The lowest BCUT2D eigenvalue weighted by molar-refractivity contribution is -0.210. The molecule has 4 aliphatic rings. The fourth-order valence-corrected chi connectivity index (χ4v) is 7.81. The van der Waals surface area contributed by atoms with Crippen LogP contribution in [-0.2, 0) is 4.79 Å². The molecule has 0 aromatic carbocycles. The quantitative estimate of drug-likeness (QED) is 0.757. The number of carbonyl (C=O) groups is 1. The van der Waals surface area contributed by atoms with Crippen molar-refractivity contribution >= 4 is 6.29 Å². The van der Waals surface area contributed by atoms with Crippen molar-refractivity contribution in [2.24, 2.45) is 34.5 Å². The van der Waals surface area contributed by atoms with Gasteiger partial charge < -0.3 is 15.0 Å². The first-order valence-corrected chi connectivity index (χ1v) is 10.2. The van der Waals surface area contributed by atoms with Crippen LogP contribution in [0.4, 0.5) is 0 Å². The highest BCUT2D eigenvalue weighted by molar-refractivity contribution is 5.50. The lowest BCUT2D eigenvalue weighted by atomic mass is 9.43. The van der Waals surface area contributed by atoms with E-state index < -0.39 is 5.60 Å². The molecule has 4 fully saturated rings. The Kier molecular flexibility index (Phi) is 3.93. The number of rotatable bonds is 2. The Morgan fingerprint density at radius 2 is 1.79 bits per heavy atom. The minimum absolute atomic E-state index is 0.0769. The van der Waals surface area contributed by atoms with Crippen LogP contribution in [0.1, 0.15) is 78.1 Å². The molecule has 4 saturated carbocycles. The van der Waals surface area contributed by atoms with E-state index in [9.17, 15) is 15.0 Å². The Hall–Kier alpha value is -0.410. The van der Waals surface area contributed by atoms with Crippen LogP contribution in [0.2, 0.25) is 0 Å². The second kappa shape index (κ2) is 5.54. The molecule has 2 N–H and O–H groups in total. The van der Waals surface area contributed by atoms with Gasteiger partial charge in [0.15, 0.2) is 0 Å². The zero-order valence-electron chi connectivity index (χ0n) is 15.3. The van der Waals surface area contributed by atoms with E-state index in [1.165, 1.54) is 6.42 Å². The van der Waals surface area contributed by atoms with Gasteiger partial charge in [-0.3, -0.25) is 0 Å². The van der Waals surface area contributed by atoms with E-state index in [0.29, 0.717) is 35.5 Å². The average molecular weight is 335 g/mol. The van der Waals surface area contributed by atoms with Crippen LogP contribution in [0.3, 0.4) is 0 Å². The molecule has 0 aromatic heterocycles. The number of aliphatic hydroxyl groups excluding tert-OH is 1. The number of fused-ring (bicyclic) bond motifs is 5. The van der Waals surface area contributed by atoms with Gasteiger partial charge in [0.25, 0.3) is 0 Å². The topological polar surface area (TPSA) is 57.5 Å². The lowest BCUT2D eigenvalue weighted by Crippen LogP contribution is -2.62. The molecule has 3 heteroatoms. The molecule has 4 aliphatic carbocycles. The molecule has 0 aliphatic heterocycles. The zero-order valence-corrected chi connectivity index (χ0v) is 15.3. The third kappa shape index (κ3) is 2.06. The minimum atomic E-state index is -0.576. The molecule has 0 spiro atoms. The molecule has 0 heterocycles. The van der Waals surface area contributed by atoms with Crippen molar-refractivity contribution in [2.75, 3.05) is 0 Å². The van der Waals surface area contributed by atoms with E-state index in [1.807, 2.05) is 0 Å². The SMILES string of the molecule is C[C@]12CC[C@H](O)C[C@H]1CCC1C2CC[C@]2(C)[C@@H](CC=O)CC[C@]12O. The first-order chi connectivity index (χ1) is 11.3. The van der Waals surface area contributed by atoms with Gasteiger partial charge in [0.05, 0.1) is 11.7 Å². The molecule has 0 amide bonds. The van der Waals surface area contributed by atoms with Crippen LogP contribution in [0, 0.1) is 34.5 Å². The maximum absolute atomic E-state index is 11.9. The second-order valence-corrected chi connectivity index (χ2v) is 9.94. The molecule has 3 nitrogen and oxygen atoms in total. The standard InChI is InChI=1S/C21H34O3/c1-19-9-6-16(23)13-15(19)3-4-18-17(19)7-10-20(2)14(8-12-22)5-11-21(18,20)24/h12,14-18,23-24H,3-11,13H2,1-2H3/t14-,15-,16+,17?,18?,19+,20-,21+/m1/s1. The number of hydrogen-bond donors (Lipinski definition) is 2. The van der Waals surface area contributed by atoms with Crippen molar-refractivity contribution in [3.63, 3.8) is 0 Å². The monoisotopic (exact) mass is 334 g/mol. The first-order valence-electron chi connectivity index (χ1n) is 10.2. The number of hydrogen-bond acceptors (Lipinski definition) is 3. The summed E-state index contributed by atoms with van der Waals surface area (Å²) >= 11 is 0. The lowest BCUT2D eigenvalue weighted by Gasteiger charge is -2.63. The Labute approximate surface area is 146 Å². The van der Waals surface area contributed by atoms with E-state index in [4.69, 9.17) is 0 Å². The van der Waals surface area contributed by atoms with Crippen molar-refractivity contribution in [1.29, 1.82) is 0 Å². The largest absolute Gasteiger partial charge is 0.393 e. The summed E-state index contributed by atoms with van der Waals surface area (Å²) in [6, 6.07) is 0. The molecule has 0 bridgehead atoms. The molecule has 4 rings (SSSR count). The Bertz CT molecular complexity index is 519. The molecule has 2 unspecified atom stereocenters. The fourth-order valence-electron chi connectivity index (χ4n) is 7.81. The maximum Gasteiger partial charge on any atom is 0.120 e. The van der Waals surface area contributed by atoms with Crippen LogP contribution in [0.15, 0.2) is 0 Å². The molecule has 8 atom stereocenters. The van der Waals surface area contributed by atoms with Crippen molar-refractivity contribution in [1.82, 2.24) is 0 Å². The molecular formula is C21H34O3. The summed E-state index contributed by atoms with van der Waals surface area (Å²) in [7, 11) is 0. The van der Waals surface area contributed by atoms with Gasteiger partial charge in [-0.05, 0) is 92.3 Å².